The van der Waals surface area contributed by atoms with Gasteiger partial charge in [-0.05, 0) is 25.1 Å². The van der Waals surface area contributed by atoms with E-state index in [2.05, 4.69) is 4.98 Å². The largest absolute Gasteiger partial charge is 0.484 e. The molecule has 21 heavy (non-hydrogen) atoms. The number of furan rings is 1. The first-order chi connectivity index (χ1) is 10.1. The predicted molar refractivity (Wildman–Crippen MR) is 76.5 cm³/mol. The number of para-hydroxylation sites is 1. The van der Waals surface area contributed by atoms with Crippen LogP contribution < -0.4 is 4.74 Å². The number of aromatic nitrogens is 1. The van der Waals surface area contributed by atoms with Crippen molar-refractivity contribution in [2.24, 2.45) is 0 Å². The van der Waals surface area contributed by atoms with Crippen LogP contribution in [0.5, 0.6) is 5.75 Å². The van der Waals surface area contributed by atoms with E-state index in [-0.39, 0.29) is 12.4 Å². The minimum absolute atomic E-state index is 0.0507. The van der Waals surface area contributed by atoms with Gasteiger partial charge in [-0.1, -0.05) is 18.2 Å². The number of nitrogens with zero attached hydrogens (tertiary/aromatic N) is 1. The maximum Gasteiger partial charge on any atom is 0.372 e. The Balaban J connectivity index is 1.77. The lowest BCUT2D eigenvalue weighted by molar-refractivity contribution is 0.0657. The molecule has 2 aromatic heterocycles. The van der Waals surface area contributed by atoms with E-state index in [1.54, 1.807) is 19.2 Å². The minimum atomic E-state index is -1.08. The Labute approximate surface area is 120 Å². The van der Waals surface area contributed by atoms with E-state index in [1.807, 2.05) is 30.3 Å². The molecule has 3 rings (SSSR count). The number of benzene rings is 1. The molecule has 5 nitrogen and oxygen atoms in total. The maximum atomic E-state index is 10.9. The van der Waals surface area contributed by atoms with Crippen LogP contribution in [-0.4, -0.2) is 16.1 Å². The van der Waals surface area contributed by atoms with Gasteiger partial charge in [0.1, 0.15) is 18.1 Å². The summed E-state index contributed by atoms with van der Waals surface area (Å²) >= 11 is 0. The molecule has 0 aliphatic carbocycles. The fourth-order valence-corrected chi connectivity index (χ4v) is 2.12. The van der Waals surface area contributed by atoms with E-state index in [9.17, 15) is 4.79 Å². The van der Waals surface area contributed by atoms with Gasteiger partial charge in [-0.2, -0.15) is 0 Å². The Morgan fingerprint density at radius 2 is 2.14 bits per heavy atom. The molecule has 2 heterocycles. The molecule has 0 atom stereocenters. The highest BCUT2D eigenvalue weighted by Gasteiger charge is 2.14. The molecule has 0 saturated heterocycles. The van der Waals surface area contributed by atoms with Crippen LogP contribution in [0.25, 0.3) is 10.9 Å². The lowest BCUT2D eigenvalue weighted by atomic mass is 10.2. The fourth-order valence-electron chi connectivity index (χ4n) is 2.12. The number of carboxylic acids is 1. The van der Waals surface area contributed by atoms with Crippen molar-refractivity contribution >= 4 is 16.9 Å². The number of carbonyl (C=O) groups is 1. The smallest absolute Gasteiger partial charge is 0.372 e. The molecule has 3 aromatic rings. The molecule has 1 aromatic carbocycles. The third-order valence-corrected chi connectivity index (χ3v) is 3.11. The molecule has 0 unspecified atom stereocenters. The van der Waals surface area contributed by atoms with Crippen molar-refractivity contribution in [1.29, 1.82) is 0 Å². The van der Waals surface area contributed by atoms with Gasteiger partial charge in [-0.3, -0.25) is 4.98 Å². The van der Waals surface area contributed by atoms with Gasteiger partial charge in [0.2, 0.25) is 5.76 Å². The molecule has 0 aliphatic rings. The zero-order valence-electron chi connectivity index (χ0n) is 11.4. The minimum Gasteiger partial charge on any atom is -0.484 e. The van der Waals surface area contributed by atoms with Crippen LogP contribution >= 0.6 is 0 Å². The number of hydrogen-bond donors (Lipinski definition) is 1. The number of aromatic carboxylic acids is 1. The van der Waals surface area contributed by atoms with Crippen molar-refractivity contribution in [2.45, 2.75) is 13.5 Å². The Morgan fingerprint density at radius 3 is 2.90 bits per heavy atom. The molecule has 0 aliphatic heterocycles. The van der Waals surface area contributed by atoms with Crippen LogP contribution in [0.15, 0.2) is 47.0 Å². The second-order valence-electron chi connectivity index (χ2n) is 4.68. The van der Waals surface area contributed by atoms with E-state index in [4.69, 9.17) is 14.3 Å². The van der Waals surface area contributed by atoms with Gasteiger partial charge < -0.3 is 14.3 Å². The molecule has 0 amide bonds. The molecule has 0 saturated carbocycles. The van der Waals surface area contributed by atoms with Crippen LogP contribution in [0.1, 0.15) is 21.9 Å². The molecule has 5 heteroatoms. The number of rotatable bonds is 4. The van der Waals surface area contributed by atoms with Crippen LogP contribution in [0.2, 0.25) is 0 Å². The predicted octanol–water partition coefficient (Wildman–Crippen LogP) is 3.41. The Morgan fingerprint density at radius 1 is 1.33 bits per heavy atom. The van der Waals surface area contributed by atoms with Crippen LogP contribution in [0.4, 0.5) is 0 Å². The van der Waals surface area contributed by atoms with Crippen LogP contribution in [0, 0.1) is 6.92 Å². The quantitative estimate of drug-likeness (QED) is 0.794. The third-order valence-electron chi connectivity index (χ3n) is 3.11. The Bertz CT molecular complexity index is 807. The summed E-state index contributed by atoms with van der Waals surface area (Å²) in [5.74, 6) is -0.0472. The first-order valence-corrected chi connectivity index (χ1v) is 6.43. The fraction of sp³-hybridized carbons (Fsp3) is 0.125. The van der Waals surface area contributed by atoms with Crippen molar-refractivity contribution in [3.8, 4) is 5.75 Å². The summed E-state index contributed by atoms with van der Waals surface area (Å²) in [6.45, 7) is 1.85. The molecule has 106 valence electrons. The summed E-state index contributed by atoms with van der Waals surface area (Å²) in [4.78, 5) is 15.2. The topological polar surface area (TPSA) is 72.6 Å². The lowest BCUT2D eigenvalue weighted by Crippen LogP contribution is -1.96. The number of carboxylic acid groups (broad SMARTS) is 1. The zero-order valence-corrected chi connectivity index (χ0v) is 11.4. The molecule has 0 radical (unpaired) electrons. The van der Waals surface area contributed by atoms with Crippen molar-refractivity contribution < 1.29 is 19.1 Å². The summed E-state index contributed by atoms with van der Waals surface area (Å²) in [7, 11) is 0. The number of pyridine rings is 1. The van der Waals surface area contributed by atoms with Gasteiger partial charge in [-0.15, -0.1) is 0 Å². The van der Waals surface area contributed by atoms with Crippen LogP contribution in [0.3, 0.4) is 0 Å². The summed E-state index contributed by atoms with van der Waals surface area (Å²) in [5.41, 5.74) is 1.48. The number of fused-ring (bicyclic) bond motifs is 1. The first kappa shape index (κ1) is 13.2. The monoisotopic (exact) mass is 283 g/mol. The van der Waals surface area contributed by atoms with Crippen molar-refractivity contribution in [3.63, 3.8) is 0 Å². The Kier molecular flexibility index (Phi) is 3.31. The average molecular weight is 283 g/mol. The van der Waals surface area contributed by atoms with E-state index in [1.165, 1.54) is 0 Å². The maximum absolute atomic E-state index is 10.9. The normalized spacial score (nSPS) is 10.7. The van der Waals surface area contributed by atoms with Crippen molar-refractivity contribution in [2.75, 3.05) is 0 Å². The van der Waals surface area contributed by atoms with Gasteiger partial charge in [0.15, 0.2) is 0 Å². The van der Waals surface area contributed by atoms with Gasteiger partial charge in [-0.25, -0.2) is 4.79 Å². The highest BCUT2D eigenvalue weighted by molar-refractivity contribution is 5.86. The summed E-state index contributed by atoms with van der Waals surface area (Å²) in [5, 5.41) is 9.92. The summed E-state index contributed by atoms with van der Waals surface area (Å²) < 4.78 is 10.8. The SMILES string of the molecule is Cc1cc(COc2cnc3ccccc3c2)oc1C(=O)O. The van der Waals surface area contributed by atoms with Gasteiger partial charge in [0.05, 0.1) is 11.7 Å². The molecule has 1 N–H and O–H groups in total. The standard InChI is InChI=1S/C16H13NO4/c1-10-6-13(21-15(10)16(18)19)9-20-12-7-11-4-2-3-5-14(11)17-8-12/h2-8H,9H2,1H3,(H,18,19). The second kappa shape index (κ2) is 5.28. The highest BCUT2D eigenvalue weighted by atomic mass is 16.5. The zero-order chi connectivity index (χ0) is 14.8. The molecular formula is C16H13NO4. The van der Waals surface area contributed by atoms with Crippen molar-refractivity contribution in [1.82, 2.24) is 4.98 Å². The molecular weight excluding hydrogens is 270 g/mol. The van der Waals surface area contributed by atoms with E-state index >= 15 is 0 Å². The van der Waals surface area contributed by atoms with Gasteiger partial charge in [0.25, 0.3) is 0 Å². The second-order valence-corrected chi connectivity index (χ2v) is 4.68. The first-order valence-electron chi connectivity index (χ1n) is 6.43. The Hall–Kier alpha value is -2.82. The highest BCUT2D eigenvalue weighted by Crippen LogP contribution is 2.20. The molecule has 0 fully saturated rings. The van der Waals surface area contributed by atoms with E-state index < -0.39 is 5.97 Å². The molecule has 0 bridgehead atoms. The average Bonchev–Trinajstić information content (AvgIpc) is 2.86. The third kappa shape index (κ3) is 2.72. The summed E-state index contributed by atoms with van der Waals surface area (Å²) in [6, 6.07) is 11.3. The van der Waals surface area contributed by atoms with Crippen LogP contribution in [-0.2, 0) is 6.61 Å². The lowest BCUT2D eigenvalue weighted by Gasteiger charge is -2.04. The molecule has 0 spiro atoms. The number of ether oxygens (including phenoxy) is 1. The van der Waals surface area contributed by atoms with Gasteiger partial charge in [0, 0.05) is 10.9 Å². The summed E-state index contributed by atoms with van der Waals surface area (Å²) in [6.07, 6.45) is 1.64. The van der Waals surface area contributed by atoms with Crippen molar-refractivity contribution in [3.05, 3.63) is 59.7 Å². The number of aryl methyl sites for hydroxylation is 1. The number of hydrogen-bond acceptors (Lipinski definition) is 4. The van der Waals surface area contributed by atoms with Gasteiger partial charge >= 0.3 is 5.97 Å². The van der Waals surface area contributed by atoms with E-state index in [0.29, 0.717) is 17.1 Å². The van der Waals surface area contributed by atoms with E-state index in [0.717, 1.165) is 10.9 Å².